The lowest BCUT2D eigenvalue weighted by Gasteiger charge is -2.08. The summed E-state index contributed by atoms with van der Waals surface area (Å²) in [6, 6.07) is 5.05. The van der Waals surface area contributed by atoms with E-state index in [2.05, 4.69) is 26.2 Å². The molecular formula is C12H12BrFN4OS. The molecule has 0 atom stereocenters. The maximum absolute atomic E-state index is 14.3. The van der Waals surface area contributed by atoms with E-state index >= 15 is 0 Å². The first-order valence-corrected chi connectivity index (χ1v) is 7.19. The van der Waals surface area contributed by atoms with Crippen molar-refractivity contribution in [2.24, 2.45) is 17.9 Å². The van der Waals surface area contributed by atoms with Gasteiger partial charge in [-0.25, -0.2) is 4.39 Å². The van der Waals surface area contributed by atoms with Crippen molar-refractivity contribution in [1.29, 1.82) is 0 Å². The Kier molecular flexibility index (Phi) is 4.34. The molecule has 0 spiro atoms. The zero-order valence-electron chi connectivity index (χ0n) is 10.8. The summed E-state index contributed by atoms with van der Waals surface area (Å²) in [4.78, 5) is 0.425. The molecule has 2 rings (SSSR count). The molecule has 1 heterocycles. The largest absolute Gasteiger partial charge is 0.409 e. The third kappa shape index (κ3) is 2.80. The first-order valence-electron chi connectivity index (χ1n) is 5.58. The Bertz CT molecular complexity index is 686. The molecule has 0 fully saturated rings. The van der Waals surface area contributed by atoms with E-state index in [1.54, 1.807) is 23.9 Å². The highest BCUT2D eigenvalue weighted by atomic mass is 79.9. The highest BCUT2D eigenvalue weighted by Gasteiger charge is 2.16. The maximum atomic E-state index is 14.3. The fourth-order valence-corrected chi connectivity index (χ4v) is 3.29. The van der Waals surface area contributed by atoms with Gasteiger partial charge < -0.3 is 10.9 Å². The molecule has 5 nitrogen and oxygen atoms in total. The summed E-state index contributed by atoms with van der Waals surface area (Å²) in [5.41, 5.74) is 6.64. The van der Waals surface area contributed by atoms with E-state index in [1.807, 2.05) is 13.0 Å². The van der Waals surface area contributed by atoms with Crippen molar-refractivity contribution >= 4 is 33.5 Å². The maximum Gasteiger partial charge on any atom is 0.171 e. The molecule has 0 saturated heterocycles. The minimum Gasteiger partial charge on any atom is -0.409 e. The molecule has 0 unspecified atom stereocenters. The number of hydrogen-bond donors (Lipinski definition) is 2. The monoisotopic (exact) mass is 358 g/mol. The van der Waals surface area contributed by atoms with Gasteiger partial charge in [0.2, 0.25) is 0 Å². The Labute approximate surface area is 127 Å². The van der Waals surface area contributed by atoms with E-state index in [1.165, 1.54) is 11.8 Å². The predicted octanol–water partition coefficient (Wildman–Crippen LogP) is 2.88. The van der Waals surface area contributed by atoms with Gasteiger partial charge in [-0.15, -0.1) is 0 Å². The van der Waals surface area contributed by atoms with E-state index in [-0.39, 0.29) is 10.3 Å². The zero-order chi connectivity index (χ0) is 14.9. The molecule has 0 bridgehead atoms. The van der Waals surface area contributed by atoms with Crippen LogP contribution in [0, 0.1) is 12.7 Å². The predicted molar refractivity (Wildman–Crippen MR) is 78.7 cm³/mol. The molecule has 0 aliphatic rings. The first-order chi connectivity index (χ1) is 9.43. The van der Waals surface area contributed by atoms with Crippen LogP contribution < -0.4 is 5.73 Å². The van der Waals surface area contributed by atoms with Gasteiger partial charge in [0.05, 0.1) is 20.1 Å². The molecule has 2 aromatic rings. The van der Waals surface area contributed by atoms with Crippen molar-refractivity contribution in [2.45, 2.75) is 16.8 Å². The number of halogens is 2. The van der Waals surface area contributed by atoms with Gasteiger partial charge in [0, 0.05) is 12.6 Å². The lowest BCUT2D eigenvalue weighted by molar-refractivity contribution is 0.318. The average molecular weight is 359 g/mol. The molecule has 0 saturated carbocycles. The second kappa shape index (κ2) is 5.84. The van der Waals surface area contributed by atoms with Gasteiger partial charge in [-0.2, -0.15) is 5.10 Å². The molecule has 1 aromatic heterocycles. The highest BCUT2D eigenvalue weighted by Crippen LogP contribution is 2.34. The number of aryl methyl sites for hydroxylation is 2. The van der Waals surface area contributed by atoms with E-state index in [9.17, 15) is 4.39 Å². The number of nitrogens with zero attached hydrogens (tertiary/aromatic N) is 3. The molecule has 0 amide bonds. The third-order valence-electron chi connectivity index (χ3n) is 2.60. The van der Waals surface area contributed by atoms with Gasteiger partial charge in [0.1, 0.15) is 0 Å². The van der Waals surface area contributed by atoms with Crippen molar-refractivity contribution < 1.29 is 9.60 Å². The summed E-state index contributed by atoms with van der Waals surface area (Å²) < 4.78 is 16.1. The Morgan fingerprint density at radius 1 is 1.55 bits per heavy atom. The third-order valence-corrected chi connectivity index (χ3v) is 4.51. The Balaban J connectivity index is 2.40. The van der Waals surface area contributed by atoms with Crippen LogP contribution in [0.4, 0.5) is 4.39 Å². The number of benzene rings is 1. The minimum absolute atomic E-state index is 0.149. The lowest BCUT2D eigenvalue weighted by Crippen LogP contribution is -2.14. The SMILES string of the molecule is Cc1cc(Sc2ccc(/C(N)=N/O)c(Br)c2F)n(C)n1. The van der Waals surface area contributed by atoms with Crippen LogP contribution in [-0.2, 0) is 7.05 Å². The van der Waals surface area contributed by atoms with Gasteiger partial charge >= 0.3 is 0 Å². The number of amidine groups is 1. The van der Waals surface area contributed by atoms with Crippen LogP contribution in [0.1, 0.15) is 11.3 Å². The van der Waals surface area contributed by atoms with Crippen molar-refractivity contribution in [1.82, 2.24) is 9.78 Å². The molecule has 0 aliphatic carbocycles. The van der Waals surface area contributed by atoms with Crippen LogP contribution in [0.2, 0.25) is 0 Å². The van der Waals surface area contributed by atoms with Crippen LogP contribution >= 0.6 is 27.7 Å². The summed E-state index contributed by atoms with van der Waals surface area (Å²) in [6.45, 7) is 1.87. The number of hydrogen-bond acceptors (Lipinski definition) is 4. The molecule has 3 N–H and O–H groups in total. The van der Waals surface area contributed by atoms with Gasteiger partial charge in [-0.3, -0.25) is 4.68 Å². The zero-order valence-corrected chi connectivity index (χ0v) is 13.2. The van der Waals surface area contributed by atoms with Gasteiger partial charge in [-0.05, 0) is 41.1 Å². The van der Waals surface area contributed by atoms with Gasteiger partial charge in [0.15, 0.2) is 11.7 Å². The second-order valence-corrected chi connectivity index (χ2v) is 5.93. The molecular weight excluding hydrogens is 347 g/mol. The summed E-state index contributed by atoms with van der Waals surface area (Å²) in [5.74, 6) is -0.610. The standard InChI is InChI=1S/C12H12BrFN4OS/c1-6-5-9(18(2)16-6)20-8-4-3-7(12(15)17-19)10(13)11(8)14/h3-5,19H,1-2H3,(H2,15,17). The van der Waals surface area contributed by atoms with Crippen LogP contribution in [0.3, 0.4) is 0 Å². The molecule has 20 heavy (non-hydrogen) atoms. The minimum atomic E-state index is -0.460. The first kappa shape index (κ1) is 14.9. The van der Waals surface area contributed by atoms with Crippen molar-refractivity contribution in [3.05, 3.63) is 39.7 Å². The number of aromatic nitrogens is 2. The van der Waals surface area contributed by atoms with Crippen molar-refractivity contribution in [2.75, 3.05) is 0 Å². The molecule has 8 heteroatoms. The highest BCUT2D eigenvalue weighted by molar-refractivity contribution is 9.10. The molecule has 106 valence electrons. The smallest absolute Gasteiger partial charge is 0.171 e. The average Bonchev–Trinajstić information content (AvgIpc) is 2.72. The number of rotatable bonds is 3. The second-order valence-electron chi connectivity index (χ2n) is 4.07. The summed E-state index contributed by atoms with van der Waals surface area (Å²) in [5, 5.41) is 16.6. The lowest BCUT2D eigenvalue weighted by atomic mass is 10.2. The number of oxime groups is 1. The van der Waals surface area contributed by atoms with Crippen LogP contribution in [0.5, 0.6) is 0 Å². The van der Waals surface area contributed by atoms with Crippen LogP contribution in [0.25, 0.3) is 0 Å². The quantitative estimate of drug-likeness (QED) is 0.382. The van der Waals surface area contributed by atoms with Crippen LogP contribution in [0.15, 0.2) is 37.7 Å². The van der Waals surface area contributed by atoms with E-state index in [4.69, 9.17) is 10.9 Å². The van der Waals surface area contributed by atoms with E-state index in [0.29, 0.717) is 10.5 Å². The van der Waals surface area contributed by atoms with Gasteiger partial charge in [-0.1, -0.05) is 16.9 Å². The molecule has 0 aliphatic heterocycles. The molecule has 1 aromatic carbocycles. The normalized spacial score (nSPS) is 11.9. The fourth-order valence-electron chi connectivity index (χ4n) is 1.66. The van der Waals surface area contributed by atoms with E-state index in [0.717, 1.165) is 10.7 Å². The van der Waals surface area contributed by atoms with Gasteiger partial charge in [0.25, 0.3) is 0 Å². The van der Waals surface area contributed by atoms with Crippen molar-refractivity contribution in [3.8, 4) is 0 Å². The Hall–Kier alpha value is -1.54. The summed E-state index contributed by atoms with van der Waals surface area (Å²) in [7, 11) is 1.80. The summed E-state index contributed by atoms with van der Waals surface area (Å²) >= 11 is 4.38. The summed E-state index contributed by atoms with van der Waals surface area (Å²) in [6.07, 6.45) is 0. The topological polar surface area (TPSA) is 76.4 Å². The van der Waals surface area contributed by atoms with Crippen molar-refractivity contribution in [3.63, 3.8) is 0 Å². The number of nitrogens with two attached hydrogens (primary N) is 1. The van der Waals surface area contributed by atoms with E-state index < -0.39 is 5.82 Å². The van der Waals surface area contributed by atoms with Crippen LogP contribution in [-0.4, -0.2) is 20.8 Å². The molecule has 0 radical (unpaired) electrons. The Morgan fingerprint density at radius 3 is 2.80 bits per heavy atom. The Morgan fingerprint density at radius 2 is 2.25 bits per heavy atom. The fraction of sp³-hybridized carbons (Fsp3) is 0.167.